The molecule has 6 heteroatoms. The van der Waals surface area contributed by atoms with Gasteiger partial charge >= 0.3 is 0 Å². The molecule has 0 unspecified atom stereocenters. The second kappa shape index (κ2) is 7.25. The highest BCUT2D eigenvalue weighted by Gasteiger charge is 2.06. The summed E-state index contributed by atoms with van der Waals surface area (Å²) < 4.78 is 15.6. The third-order valence-corrected chi connectivity index (χ3v) is 2.58. The predicted octanol–water partition coefficient (Wildman–Crippen LogP) is 2.47. The molecule has 0 fully saturated rings. The van der Waals surface area contributed by atoms with Crippen LogP contribution in [0.4, 0.5) is 5.69 Å². The maximum atomic E-state index is 11.4. The molecule has 0 radical (unpaired) electrons. The van der Waals surface area contributed by atoms with Crippen LogP contribution >= 0.6 is 0 Å². The first kappa shape index (κ1) is 14.8. The molecule has 0 spiro atoms. The van der Waals surface area contributed by atoms with Crippen LogP contribution in [0.25, 0.3) is 0 Å². The number of hydrogen-bond donors (Lipinski definition) is 1. The number of nitrogens with one attached hydrogen (secondary N) is 1. The van der Waals surface area contributed by atoms with Gasteiger partial charge in [0, 0.05) is 13.2 Å². The zero-order valence-electron chi connectivity index (χ0n) is 11.8. The molecule has 1 N–H and O–H groups in total. The molecule has 0 saturated carbocycles. The van der Waals surface area contributed by atoms with Crippen LogP contribution in [0.15, 0.2) is 42.6 Å². The lowest BCUT2D eigenvalue weighted by Gasteiger charge is -2.09. The summed E-state index contributed by atoms with van der Waals surface area (Å²) in [5, 5.41) is 2.65. The van der Waals surface area contributed by atoms with Crippen molar-refractivity contribution in [3.8, 4) is 17.4 Å². The van der Waals surface area contributed by atoms with Crippen LogP contribution in [0, 0.1) is 0 Å². The third-order valence-electron chi connectivity index (χ3n) is 2.58. The van der Waals surface area contributed by atoms with E-state index < -0.39 is 0 Å². The average molecular weight is 288 g/mol. The molecule has 1 aromatic carbocycles. The molecule has 1 amide bonds. The van der Waals surface area contributed by atoms with Gasteiger partial charge in [-0.1, -0.05) is 12.1 Å². The second-order valence-corrected chi connectivity index (χ2v) is 4.12. The molecule has 6 nitrogen and oxygen atoms in total. The Balaban J connectivity index is 2.04. The van der Waals surface area contributed by atoms with Crippen LogP contribution in [0.3, 0.4) is 0 Å². The molecule has 21 heavy (non-hydrogen) atoms. The minimum Gasteiger partial charge on any atom is -0.493 e. The van der Waals surface area contributed by atoms with E-state index in [1.54, 1.807) is 31.4 Å². The number of carbonyl (C=O) groups excluding carboxylic acids is 1. The maximum absolute atomic E-state index is 11.4. The van der Waals surface area contributed by atoms with Crippen molar-refractivity contribution in [1.82, 2.24) is 4.98 Å². The van der Waals surface area contributed by atoms with Crippen LogP contribution in [-0.2, 0) is 9.53 Å². The minimum absolute atomic E-state index is 0.000530. The molecule has 0 bridgehead atoms. The highest BCUT2D eigenvalue weighted by Crippen LogP contribution is 2.30. The van der Waals surface area contributed by atoms with Crippen molar-refractivity contribution in [2.24, 2.45) is 0 Å². The first-order chi connectivity index (χ1) is 10.2. The van der Waals surface area contributed by atoms with Crippen LogP contribution in [0.2, 0.25) is 0 Å². The molecular formula is C15H16N2O4. The third kappa shape index (κ3) is 4.19. The molecule has 0 aliphatic carbocycles. The van der Waals surface area contributed by atoms with Crippen LogP contribution in [-0.4, -0.2) is 31.7 Å². The van der Waals surface area contributed by atoms with E-state index in [4.69, 9.17) is 14.2 Å². The second-order valence-electron chi connectivity index (χ2n) is 4.12. The van der Waals surface area contributed by atoms with Gasteiger partial charge < -0.3 is 19.5 Å². The molecule has 1 heterocycles. The fourth-order valence-corrected chi connectivity index (χ4v) is 1.66. The first-order valence-corrected chi connectivity index (χ1v) is 6.28. The average Bonchev–Trinajstić information content (AvgIpc) is 2.50. The molecule has 0 aliphatic heterocycles. The van der Waals surface area contributed by atoms with Crippen molar-refractivity contribution in [1.29, 1.82) is 0 Å². The summed E-state index contributed by atoms with van der Waals surface area (Å²) >= 11 is 0. The van der Waals surface area contributed by atoms with E-state index in [1.807, 2.05) is 12.1 Å². The Morgan fingerprint density at radius 3 is 2.52 bits per heavy atom. The molecule has 110 valence electrons. The molecule has 2 aromatic rings. The monoisotopic (exact) mass is 288 g/mol. The Labute approximate surface area is 122 Å². The number of pyridine rings is 1. The highest BCUT2D eigenvalue weighted by molar-refractivity contribution is 5.91. The van der Waals surface area contributed by atoms with Gasteiger partial charge in [0.25, 0.3) is 0 Å². The van der Waals surface area contributed by atoms with Crippen molar-refractivity contribution in [2.45, 2.75) is 0 Å². The van der Waals surface area contributed by atoms with Gasteiger partial charge in [0.15, 0.2) is 11.5 Å². The zero-order valence-corrected chi connectivity index (χ0v) is 11.8. The number of nitrogens with zero attached hydrogens (tertiary/aromatic N) is 1. The van der Waals surface area contributed by atoms with Gasteiger partial charge in [0.2, 0.25) is 11.8 Å². The summed E-state index contributed by atoms with van der Waals surface area (Å²) in [4.78, 5) is 15.5. The van der Waals surface area contributed by atoms with Gasteiger partial charge in [0.1, 0.15) is 6.61 Å². The fourth-order valence-electron chi connectivity index (χ4n) is 1.66. The van der Waals surface area contributed by atoms with E-state index in [2.05, 4.69) is 10.3 Å². The van der Waals surface area contributed by atoms with Crippen LogP contribution < -0.4 is 14.8 Å². The number of anilines is 1. The van der Waals surface area contributed by atoms with Gasteiger partial charge in [-0.05, 0) is 18.2 Å². The van der Waals surface area contributed by atoms with Crippen LogP contribution in [0.5, 0.6) is 17.4 Å². The Morgan fingerprint density at radius 1 is 1.14 bits per heavy atom. The van der Waals surface area contributed by atoms with Crippen molar-refractivity contribution in [3.05, 3.63) is 42.6 Å². The van der Waals surface area contributed by atoms with E-state index in [1.165, 1.54) is 13.3 Å². The molecule has 2 rings (SSSR count). The Bertz CT molecular complexity index is 599. The number of para-hydroxylation sites is 2. The summed E-state index contributed by atoms with van der Waals surface area (Å²) in [5.41, 5.74) is 0.574. The van der Waals surface area contributed by atoms with Crippen molar-refractivity contribution in [2.75, 3.05) is 26.1 Å². The topological polar surface area (TPSA) is 69.7 Å². The van der Waals surface area contributed by atoms with Crippen molar-refractivity contribution >= 4 is 11.6 Å². The summed E-state index contributed by atoms with van der Waals surface area (Å²) in [5.74, 6) is 1.36. The highest BCUT2D eigenvalue weighted by atomic mass is 16.5. The fraction of sp³-hybridized carbons (Fsp3) is 0.200. The molecule has 0 saturated heterocycles. The van der Waals surface area contributed by atoms with Gasteiger partial charge in [-0.15, -0.1) is 0 Å². The zero-order chi connectivity index (χ0) is 15.1. The SMILES string of the molecule is COCC(=O)Nc1ccc(Oc2ccccc2OC)nc1. The first-order valence-electron chi connectivity index (χ1n) is 6.28. The minimum atomic E-state index is -0.238. The number of benzene rings is 1. The number of ether oxygens (including phenoxy) is 3. The summed E-state index contributed by atoms with van der Waals surface area (Å²) in [6, 6.07) is 10.6. The summed E-state index contributed by atoms with van der Waals surface area (Å²) in [7, 11) is 3.03. The molecule has 0 atom stereocenters. The van der Waals surface area contributed by atoms with Gasteiger partial charge in [-0.25, -0.2) is 4.98 Å². The quantitative estimate of drug-likeness (QED) is 0.884. The van der Waals surface area contributed by atoms with Gasteiger partial charge in [-0.2, -0.15) is 0 Å². The lowest BCUT2D eigenvalue weighted by Crippen LogP contribution is -2.17. The Kier molecular flexibility index (Phi) is 5.11. The van der Waals surface area contributed by atoms with Gasteiger partial charge in [-0.3, -0.25) is 4.79 Å². The van der Waals surface area contributed by atoms with Gasteiger partial charge in [0.05, 0.1) is 19.0 Å². The van der Waals surface area contributed by atoms with Crippen LogP contribution in [0.1, 0.15) is 0 Å². The summed E-state index contributed by atoms with van der Waals surface area (Å²) in [6.07, 6.45) is 1.51. The number of aromatic nitrogens is 1. The summed E-state index contributed by atoms with van der Waals surface area (Å²) in [6.45, 7) is -0.000530. The predicted molar refractivity (Wildman–Crippen MR) is 77.8 cm³/mol. The van der Waals surface area contributed by atoms with E-state index in [0.717, 1.165) is 0 Å². The molecule has 1 aromatic heterocycles. The van der Waals surface area contributed by atoms with E-state index >= 15 is 0 Å². The smallest absolute Gasteiger partial charge is 0.250 e. The van der Waals surface area contributed by atoms with Crippen molar-refractivity contribution < 1.29 is 19.0 Å². The normalized spacial score (nSPS) is 10.0. The van der Waals surface area contributed by atoms with E-state index in [-0.39, 0.29) is 12.5 Å². The Hall–Kier alpha value is -2.60. The van der Waals surface area contributed by atoms with E-state index in [9.17, 15) is 4.79 Å². The number of hydrogen-bond acceptors (Lipinski definition) is 5. The Morgan fingerprint density at radius 2 is 1.90 bits per heavy atom. The van der Waals surface area contributed by atoms with E-state index in [0.29, 0.717) is 23.1 Å². The number of carbonyl (C=O) groups is 1. The number of methoxy groups -OCH3 is 2. The standard InChI is InChI=1S/C15H16N2O4/c1-19-10-14(18)17-11-7-8-15(16-9-11)21-13-6-4-3-5-12(13)20-2/h3-9H,10H2,1-2H3,(H,17,18). The molecule has 0 aliphatic rings. The lowest BCUT2D eigenvalue weighted by atomic mass is 10.3. The maximum Gasteiger partial charge on any atom is 0.250 e. The number of amides is 1. The molecular weight excluding hydrogens is 272 g/mol. The van der Waals surface area contributed by atoms with Crippen molar-refractivity contribution in [3.63, 3.8) is 0 Å². The lowest BCUT2D eigenvalue weighted by molar-refractivity contribution is -0.119. The number of rotatable bonds is 6. The largest absolute Gasteiger partial charge is 0.493 e.